The monoisotopic (exact) mass is 516 g/mol. The summed E-state index contributed by atoms with van der Waals surface area (Å²) < 4.78 is 0. The molecule has 1 atom stereocenters. The minimum atomic E-state index is -0.347. The number of primary amides is 1. The molecule has 0 aromatic heterocycles. The van der Waals surface area contributed by atoms with Gasteiger partial charge >= 0.3 is 0 Å². The van der Waals surface area contributed by atoms with Gasteiger partial charge in [0.1, 0.15) is 0 Å². The van der Waals surface area contributed by atoms with Gasteiger partial charge in [-0.15, -0.1) is 0 Å². The number of hydrogen-bond donors (Lipinski definition) is 2. The molecule has 3 aromatic rings. The van der Waals surface area contributed by atoms with Gasteiger partial charge in [-0.25, -0.2) is 0 Å². The second kappa shape index (κ2) is 11.4. The fourth-order valence-corrected chi connectivity index (χ4v) is 5.43. The smallest absolute Gasteiger partial charge is 0.251 e. The number of nitriles is 1. The molecule has 0 spiro atoms. The highest BCUT2D eigenvalue weighted by Gasteiger charge is 2.21. The average molecular weight is 517 g/mol. The lowest BCUT2D eigenvalue weighted by molar-refractivity contribution is -0.114. The van der Waals surface area contributed by atoms with E-state index in [1.165, 1.54) is 28.0 Å². The van der Waals surface area contributed by atoms with Crippen molar-refractivity contribution in [2.24, 2.45) is 5.73 Å². The Kier molecular flexibility index (Phi) is 7.60. The third kappa shape index (κ3) is 5.78. The van der Waals surface area contributed by atoms with Crippen molar-refractivity contribution in [1.29, 1.82) is 5.26 Å². The number of fused-ring (bicyclic) bond motifs is 1. The Morgan fingerprint density at radius 1 is 1.03 bits per heavy atom. The molecule has 0 unspecified atom stereocenters. The minimum Gasteiger partial charge on any atom is -0.367 e. The first kappa shape index (κ1) is 26.0. The van der Waals surface area contributed by atoms with Crippen LogP contribution in [0, 0.1) is 11.3 Å². The molecule has 3 aromatic carbocycles. The summed E-state index contributed by atoms with van der Waals surface area (Å²) in [5.41, 5.74) is 14.4. The van der Waals surface area contributed by atoms with Crippen molar-refractivity contribution >= 4 is 23.1 Å². The number of nitrogens with two attached hydrogens (primary N) is 1. The molecular formula is C33H32N4O2. The highest BCUT2D eigenvalue weighted by molar-refractivity contribution is 5.95. The number of aryl methyl sites for hydroxylation is 1. The third-order valence-corrected chi connectivity index (χ3v) is 7.63. The number of nitrogens with zero attached hydrogens (tertiary/aromatic N) is 2. The number of allylic oxidation sites excluding steroid dienone is 3. The summed E-state index contributed by atoms with van der Waals surface area (Å²) in [6.45, 7) is 3.67. The number of anilines is 1. The van der Waals surface area contributed by atoms with Gasteiger partial charge in [-0.2, -0.15) is 5.26 Å². The molecule has 0 fully saturated rings. The van der Waals surface area contributed by atoms with E-state index in [1.807, 2.05) is 43.3 Å². The SMILES string of the molecule is C[C@H](NC(=O)c1ccc2c(c1)CCCN2Cc1ccccc1C1=CC=C(C(N)=O)CC1)c1ccc(C#N)cc1. The summed E-state index contributed by atoms with van der Waals surface area (Å²) in [6, 6.07) is 23.7. The fraction of sp³-hybridized carbons (Fsp3) is 0.242. The molecule has 0 radical (unpaired) electrons. The quantitative estimate of drug-likeness (QED) is 0.428. The van der Waals surface area contributed by atoms with E-state index in [0.717, 1.165) is 37.9 Å². The second-order valence-electron chi connectivity index (χ2n) is 10.2. The van der Waals surface area contributed by atoms with Gasteiger partial charge in [-0.3, -0.25) is 9.59 Å². The maximum Gasteiger partial charge on any atom is 0.251 e. The number of nitrogens with one attached hydrogen (secondary N) is 1. The van der Waals surface area contributed by atoms with Crippen molar-refractivity contribution in [2.75, 3.05) is 11.4 Å². The molecule has 3 N–H and O–H groups in total. The Balaban J connectivity index is 1.32. The Labute approximate surface area is 229 Å². The zero-order valence-electron chi connectivity index (χ0n) is 22.1. The fourth-order valence-electron chi connectivity index (χ4n) is 5.43. The number of carbonyl (C=O) groups is 2. The first-order valence-corrected chi connectivity index (χ1v) is 13.4. The molecule has 5 rings (SSSR count). The van der Waals surface area contributed by atoms with Crippen LogP contribution < -0.4 is 16.0 Å². The van der Waals surface area contributed by atoms with E-state index in [9.17, 15) is 9.59 Å². The van der Waals surface area contributed by atoms with Gasteiger partial charge in [-0.1, -0.05) is 48.6 Å². The highest BCUT2D eigenvalue weighted by Crippen LogP contribution is 2.33. The molecule has 39 heavy (non-hydrogen) atoms. The summed E-state index contributed by atoms with van der Waals surface area (Å²) in [4.78, 5) is 27.0. The third-order valence-electron chi connectivity index (χ3n) is 7.63. The predicted octanol–water partition coefficient (Wildman–Crippen LogP) is 5.59. The van der Waals surface area contributed by atoms with E-state index in [4.69, 9.17) is 11.0 Å². The summed E-state index contributed by atoms with van der Waals surface area (Å²) in [7, 11) is 0. The Bertz CT molecular complexity index is 1510. The van der Waals surface area contributed by atoms with Gasteiger partial charge < -0.3 is 16.0 Å². The van der Waals surface area contributed by atoms with Crippen LogP contribution in [0.4, 0.5) is 5.69 Å². The van der Waals surface area contributed by atoms with Crippen molar-refractivity contribution in [3.05, 3.63) is 118 Å². The predicted molar refractivity (Wildman–Crippen MR) is 154 cm³/mol. The second-order valence-corrected chi connectivity index (χ2v) is 10.2. The van der Waals surface area contributed by atoms with Crippen LogP contribution in [0.15, 0.2) is 84.5 Å². The molecule has 6 heteroatoms. The average Bonchev–Trinajstić information content (AvgIpc) is 2.97. The maximum absolute atomic E-state index is 13.1. The molecule has 2 amide bonds. The lowest BCUT2D eigenvalue weighted by Crippen LogP contribution is -2.30. The Morgan fingerprint density at radius 3 is 2.54 bits per heavy atom. The van der Waals surface area contributed by atoms with Gasteiger partial charge in [0, 0.05) is 29.9 Å². The number of benzene rings is 3. The molecular weight excluding hydrogens is 484 g/mol. The van der Waals surface area contributed by atoms with Gasteiger partial charge in [0.2, 0.25) is 5.91 Å². The van der Waals surface area contributed by atoms with Crippen molar-refractivity contribution in [1.82, 2.24) is 5.32 Å². The largest absolute Gasteiger partial charge is 0.367 e. The Hall–Kier alpha value is -4.63. The summed E-state index contributed by atoms with van der Waals surface area (Å²) >= 11 is 0. The van der Waals surface area contributed by atoms with Gasteiger partial charge in [0.05, 0.1) is 17.7 Å². The highest BCUT2D eigenvalue weighted by atomic mass is 16.2. The van der Waals surface area contributed by atoms with Gasteiger partial charge in [0.15, 0.2) is 0 Å². The summed E-state index contributed by atoms with van der Waals surface area (Å²) in [5, 5.41) is 12.1. The maximum atomic E-state index is 13.1. The van der Waals surface area contributed by atoms with Gasteiger partial charge in [-0.05, 0) is 90.8 Å². The molecule has 196 valence electrons. The lowest BCUT2D eigenvalue weighted by Gasteiger charge is -2.32. The number of hydrogen-bond acceptors (Lipinski definition) is 4. The van der Waals surface area contributed by atoms with E-state index in [0.29, 0.717) is 23.1 Å². The molecule has 0 bridgehead atoms. The zero-order chi connectivity index (χ0) is 27.4. The van der Waals surface area contributed by atoms with Crippen molar-refractivity contribution in [2.45, 2.75) is 45.2 Å². The molecule has 2 aliphatic rings. The molecule has 1 aliphatic carbocycles. The summed E-state index contributed by atoms with van der Waals surface area (Å²) in [5.74, 6) is -0.454. The van der Waals surface area contributed by atoms with Crippen molar-refractivity contribution in [3.8, 4) is 6.07 Å². The van der Waals surface area contributed by atoms with Crippen LogP contribution in [-0.4, -0.2) is 18.4 Å². The van der Waals surface area contributed by atoms with E-state index in [1.54, 1.807) is 12.1 Å². The van der Waals surface area contributed by atoms with Crippen molar-refractivity contribution < 1.29 is 9.59 Å². The number of carbonyl (C=O) groups excluding carboxylic acids is 2. The molecule has 1 heterocycles. The van der Waals surface area contributed by atoms with E-state index >= 15 is 0 Å². The van der Waals surface area contributed by atoms with Crippen molar-refractivity contribution in [3.63, 3.8) is 0 Å². The van der Waals surface area contributed by atoms with Gasteiger partial charge in [0.25, 0.3) is 5.91 Å². The van der Waals surface area contributed by atoms with Crippen LogP contribution in [0.2, 0.25) is 0 Å². The lowest BCUT2D eigenvalue weighted by atomic mass is 9.90. The van der Waals surface area contributed by atoms with Crippen LogP contribution in [-0.2, 0) is 17.8 Å². The normalized spacial score (nSPS) is 15.3. The molecule has 6 nitrogen and oxygen atoms in total. The molecule has 0 saturated heterocycles. The van der Waals surface area contributed by atoms with E-state index in [-0.39, 0.29) is 17.9 Å². The van der Waals surface area contributed by atoms with Crippen LogP contribution in [0.25, 0.3) is 5.57 Å². The number of amides is 2. The van der Waals surface area contributed by atoms with Crippen LogP contribution in [0.1, 0.15) is 70.4 Å². The zero-order valence-corrected chi connectivity index (χ0v) is 22.1. The van der Waals surface area contributed by atoms with Crippen LogP contribution in [0.3, 0.4) is 0 Å². The minimum absolute atomic E-state index is 0.107. The Morgan fingerprint density at radius 2 is 1.82 bits per heavy atom. The first-order chi connectivity index (χ1) is 18.9. The molecule has 0 saturated carbocycles. The summed E-state index contributed by atoms with van der Waals surface area (Å²) in [6.07, 6.45) is 7.29. The van der Waals surface area contributed by atoms with Crippen LogP contribution >= 0.6 is 0 Å². The first-order valence-electron chi connectivity index (χ1n) is 13.4. The standard InChI is InChI=1S/C33H32N4O2/c1-22(24-10-8-23(20-34)9-11-24)36-33(39)28-16-17-31-27(19-28)6-4-18-37(31)21-29-5-2-3-7-30(29)25-12-14-26(15-13-25)32(35)38/h2-3,5,7-12,14,16-17,19,22H,4,6,13,15,18,21H2,1H3,(H2,35,38)(H,36,39)/t22-/m0/s1. The van der Waals surface area contributed by atoms with E-state index < -0.39 is 0 Å². The van der Waals surface area contributed by atoms with E-state index in [2.05, 4.69) is 46.6 Å². The topological polar surface area (TPSA) is 99.2 Å². The molecule has 1 aliphatic heterocycles. The number of rotatable bonds is 7. The van der Waals surface area contributed by atoms with Crippen LogP contribution in [0.5, 0.6) is 0 Å².